The van der Waals surface area contributed by atoms with Crippen LogP contribution < -0.4 is 0 Å². The molecule has 0 amide bonds. The van der Waals surface area contributed by atoms with Crippen LogP contribution in [0.1, 0.15) is 46.0 Å². The van der Waals surface area contributed by atoms with Crippen LogP contribution in [0.4, 0.5) is 0 Å². The van der Waals surface area contributed by atoms with Crippen LogP contribution in [0.25, 0.3) is 0 Å². The molecule has 2 fully saturated rings. The number of hydrogen-bond acceptors (Lipinski definition) is 4. The molecular formula is C17H26O4. The molecule has 0 aliphatic carbocycles. The molecule has 0 N–H and O–H groups in total. The summed E-state index contributed by atoms with van der Waals surface area (Å²) >= 11 is 0. The highest BCUT2D eigenvalue weighted by atomic mass is 16.6. The Hall–Kier alpha value is -1.26. The van der Waals surface area contributed by atoms with Gasteiger partial charge in [-0.15, -0.1) is 0 Å². The molecule has 2 heterocycles. The zero-order valence-corrected chi connectivity index (χ0v) is 12.9. The summed E-state index contributed by atoms with van der Waals surface area (Å²) in [5, 5.41) is 0. The maximum Gasteiger partial charge on any atom is 0.142 e. The van der Waals surface area contributed by atoms with E-state index in [1.54, 1.807) is 6.08 Å². The fourth-order valence-electron chi connectivity index (χ4n) is 2.15. The summed E-state index contributed by atoms with van der Waals surface area (Å²) in [6, 6.07) is 0. The summed E-state index contributed by atoms with van der Waals surface area (Å²) in [5.74, 6) is 0. The van der Waals surface area contributed by atoms with Crippen molar-refractivity contribution in [3.8, 4) is 0 Å². The summed E-state index contributed by atoms with van der Waals surface area (Å²) in [6.45, 7) is 4.19. The fourth-order valence-corrected chi connectivity index (χ4v) is 2.15. The Morgan fingerprint density at radius 3 is 1.76 bits per heavy atom. The molecule has 2 aliphatic heterocycles. The second kappa shape index (κ2) is 10.5. The van der Waals surface area contributed by atoms with Crippen molar-refractivity contribution in [3.63, 3.8) is 0 Å². The highest BCUT2D eigenvalue weighted by Gasteiger charge is 2.35. The third kappa shape index (κ3) is 8.58. The van der Waals surface area contributed by atoms with E-state index < -0.39 is 0 Å². The molecule has 0 aromatic carbocycles. The average Bonchev–Trinajstić information content (AvgIpc) is 3.39. The van der Waals surface area contributed by atoms with E-state index in [4.69, 9.17) is 9.47 Å². The summed E-state index contributed by atoms with van der Waals surface area (Å²) in [6.07, 6.45) is 15.5. The van der Waals surface area contributed by atoms with E-state index in [0.29, 0.717) is 24.4 Å². The second-order valence-electron chi connectivity index (χ2n) is 5.28. The Balaban J connectivity index is 0.000000211. The monoisotopic (exact) mass is 294 g/mol. The highest BCUT2D eigenvalue weighted by molar-refractivity contribution is 5.64. The van der Waals surface area contributed by atoms with E-state index in [1.165, 1.54) is 6.08 Å². The third-order valence-electron chi connectivity index (χ3n) is 3.59. The van der Waals surface area contributed by atoms with Crippen LogP contribution in [0.5, 0.6) is 0 Å². The second-order valence-corrected chi connectivity index (χ2v) is 5.28. The molecule has 0 spiro atoms. The molecule has 0 aromatic heterocycles. The zero-order chi connectivity index (χ0) is 15.5. The molecule has 4 atom stereocenters. The lowest BCUT2D eigenvalue weighted by molar-refractivity contribution is -0.104. The molecule has 0 bridgehead atoms. The van der Waals surface area contributed by atoms with Gasteiger partial charge in [-0.05, 0) is 51.2 Å². The standard InChI is InChI=1S/C9H14O2.C8H12O2/c1-2-8-9(11-8)6-4-3-5-7-10;1-7-8(10-7)5-3-2-4-6-9/h3,5,7-9H,2,4,6H2,1H3;2,4,6-8H,3,5H2,1H3/b5-3+;4-2+/t8-,9+;7-,8+/m10/s1. The third-order valence-corrected chi connectivity index (χ3v) is 3.59. The first-order valence-electron chi connectivity index (χ1n) is 7.74. The van der Waals surface area contributed by atoms with Crippen molar-refractivity contribution in [1.29, 1.82) is 0 Å². The topological polar surface area (TPSA) is 59.2 Å². The molecule has 118 valence electrons. The van der Waals surface area contributed by atoms with E-state index in [-0.39, 0.29) is 0 Å². The Labute approximate surface area is 127 Å². The molecule has 2 saturated heterocycles. The molecule has 4 heteroatoms. The summed E-state index contributed by atoms with van der Waals surface area (Å²) < 4.78 is 10.5. The van der Waals surface area contributed by atoms with Gasteiger partial charge >= 0.3 is 0 Å². The van der Waals surface area contributed by atoms with Crippen molar-refractivity contribution in [2.45, 2.75) is 70.4 Å². The Morgan fingerprint density at radius 1 is 0.857 bits per heavy atom. The first-order chi connectivity index (χ1) is 10.2. The van der Waals surface area contributed by atoms with Gasteiger partial charge in [-0.3, -0.25) is 9.59 Å². The maximum atomic E-state index is 9.87. The number of ether oxygens (including phenoxy) is 2. The van der Waals surface area contributed by atoms with E-state index in [2.05, 4.69) is 13.8 Å². The van der Waals surface area contributed by atoms with Gasteiger partial charge in [0.05, 0.1) is 24.4 Å². The Bertz CT molecular complexity index is 362. The first kappa shape index (κ1) is 17.8. The quantitative estimate of drug-likeness (QED) is 0.372. The summed E-state index contributed by atoms with van der Waals surface area (Å²) in [7, 11) is 0. The number of allylic oxidation sites excluding steroid dienone is 4. The average molecular weight is 294 g/mol. The highest BCUT2D eigenvalue weighted by Crippen LogP contribution is 2.28. The lowest BCUT2D eigenvalue weighted by Gasteiger charge is -1.86. The van der Waals surface area contributed by atoms with Crippen molar-refractivity contribution in [2.24, 2.45) is 0 Å². The lowest BCUT2D eigenvalue weighted by atomic mass is 10.1. The predicted octanol–water partition coefficient (Wildman–Crippen LogP) is 3.01. The van der Waals surface area contributed by atoms with Crippen LogP contribution in [0.3, 0.4) is 0 Å². The molecule has 2 aliphatic rings. The number of aldehydes is 2. The van der Waals surface area contributed by atoms with Gasteiger partial charge in [0.15, 0.2) is 0 Å². The van der Waals surface area contributed by atoms with Gasteiger partial charge in [0.1, 0.15) is 12.6 Å². The molecule has 21 heavy (non-hydrogen) atoms. The fraction of sp³-hybridized carbons (Fsp3) is 0.647. The van der Waals surface area contributed by atoms with E-state index >= 15 is 0 Å². The normalized spacial score (nSPS) is 30.0. The van der Waals surface area contributed by atoms with Gasteiger partial charge in [-0.2, -0.15) is 0 Å². The van der Waals surface area contributed by atoms with Gasteiger partial charge in [-0.1, -0.05) is 19.1 Å². The minimum Gasteiger partial charge on any atom is -0.370 e. The van der Waals surface area contributed by atoms with Gasteiger partial charge in [-0.25, -0.2) is 0 Å². The van der Waals surface area contributed by atoms with E-state index in [9.17, 15) is 9.59 Å². The summed E-state index contributed by atoms with van der Waals surface area (Å²) in [5.41, 5.74) is 0. The number of hydrogen-bond donors (Lipinski definition) is 0. The molecule has 0 radical (unpaired) electrons. The van der Waals surface area contributed by atoms with Crippen molar-refractivity contribution in [1.82, 2.24) is 0 Å². The smallest absolute Gasteiger partial charge is 0.142 e. The minimum atomic E-state index is 0.449. The van der Waals surface area contributed by atoms with Gasteiger partial charge in [0.2, 0.25) is 0 Å². The largest absolute Gasteiger partial charge is 0.370 e. The Kier molecular flexibility index (Phi) is 8.87. The zero-order valence-electron chi connectivity index (χ0n) is 12.9. The number of epoxide rings is 2. The predicted molar refractivity (Wildman–Crippen MR) is 82.2 cm³/mol. The molecule has 0 unspecified atom stereocenters. The molecule has 0 aromatic rings. The van der Waals surface area contributed by atoms with Crippen LogP contribution in [0, 0.1) is 0 Å². The van der Waals surface area contributed by atoms with Gasteiger partial charge < -0.3 is 9.47 Å². The van der Waals surface area contributed by atoms with Crippen LogP contribution >= 0.6 is 0 Å². The van der Waals surface area contributed by atoms with Crippen molar-refractivity contribution in [3.05, 3.63) is 24.3 Å². The van der Waals surface area contributed by atoms with Crippen LogP contribution in [0.15, 0.2) is 24.3 Å². The SMILES string of the molecule is CC[C@H]1O[C@H]1CC/C=C/C=O.C[C@@H]1O[C@@H]1CC/C=C/C=O. The van der Waals surface area contributed by atoms with Crippen LogP contribution in [-0.2, 0) is 19.1 Å². The molecule has 2 rings (SSSR count). The van der Waals surface area contributed by atoms with E-state index in [1.807, 2.05) is 12.2 Å². The first-order valence-corrected chi connectivity index (χ1v) is 7.74. The van der Waals surface area contributed by atoms with Gasteiger partial charge in [0.25, 0.3) is 0 Å². The lowest BCUT2D eigenvalue weighted by Crippen LogP contribution is -1.90. The van der Waals surface area contributed by atoms with Crippen LogP contribution in [0.2, 0.25) is 0 Å². The minimum absolute atomic E-state index is 0.449. The number of carbonyl (C=O) groups is 2. The van der Waals surface area contributed by atoms with Crippen molar-refractivity contribution >= 4 is 12.6 Å². The molecular weight excluding hydrogens is 268 g/mol. The number of rotatable bonds is 9. The summed E-state index contributed by atoms with van der Waals surface area (Å²) in [4.78, 5) is 19.7. The Morgan fingerprint density at radius 2 is 1.38 bits per heavy atom. The molecule has 4 nitrogen and oxygen atoms in total. The van der Waals surface area contributed by atoms with Crippen molar-refractivity contribution in [2.75, 3.05) is 0 Å². The number of carbonyl (C=O) groups excluding carboxylic acids is 2. The van der Waals surface area contributed by atoms with E-state index in [0.717, 1.165) is 44.7 Å². The van der Waals surface area contributed by atoms with Gasteiger partial charge in [0, 0.05) is 0 Å². The van der Waals surface area contributed by atoms with Crippen LogP contribution in [-0.4, -0.2) is 37.0 Å². The molecule has 0 saturated carbocycles. The maximum absolute atomic E-state index is 9.87. The van der Waals surface area contributed by atoms with Crippen molar-refractivity contribution < 1.29 is 19.1 Å².